The second kappa shape index (κ2) is 7.76. The van der Waals surface area contributed by atoms with Crippen molar-refractivity contribution in [3.63, 3.8) is 0 Å². The Bertz CT molecular complexity index is 1030. The van der Waals surface area contributed by atoms with E-state index < -0.39 is 0 Å². The van der Waals surface area contributed by atoms with Gasteiger partial charge in [0.2, 0.25) is 0 Å². The highest BCUT2D eigenvalue weighted by Crippen LogP contribution is 2.27. The summed E-state index contributed by atoms with van der Waals surface area (Å²) in [7, 11) is 3.38. The van der Waals surface area contributed by atoms with Crippen molar-refractivity contribution < 1.29 is 9.47 Å². The van der Waals surface area contributed by atoms with Crippen LogP contribution in [0, 0.1) is 0 Å². The summed E-state index contributed by atoms with van der Waals surface area (Å²) in [5.41, 5.74) is 4.37. The first-order valence-electron chi connectivity index (χ1n) is 9.27. The van der Waals surface area contributed by atoms with Gasteiger partial charge in [0.15, 0.2) is 0 Å². The molecule has 0 aliphatic carbocycles. The number of pyridine rings is 2. The van der Waals surface area contributed by atoms with Gasteiger partial charge in [-0.25, -0.2) is 0 Å². The molecule has 144 valence electrons. The first kappa shape index (κ1) is 18.1. The summed E-state index contributed by atoms with van der Waals surface area (Å²) in [4.78, 5) is 18.5. The number of benzene rings is 1. The summed E-state index contributed by atoms with van der Waals surface area (Å²) < 4.78 is 12.6. The zero-order chi connectivity index (χ0) is 19.5. The number of hydrogen-bond acceptors (Lipinski definition) is 5. The maximum atomic E-state index is 11.9. The SMILES string of the molecule is COc1ccc(COc2ccc3c(c2)CN(c2ccn(C)c(=O)c2)CC3)nc1. The van der Waals surface area contributed by atoms with Crippen LogP contribution in [0.1, 0.15) is 16.8 Å². The molecule has 0 amide bonds. The van der Waals surface area contributed by atoms with Crippen molar-refractivity contribution in [3.05, 3.63) is 82.0 Å². The van der Waals surface area contributed by atoms with E-state index in [9.17, 15) is 4.79 Å². The average molecular weight is 377 g/mol. The van der Waals surface area contributed by atoms with Crippen LogP contribution in [0.3, 0.4) is 0 Å². The molecule has 0 spiro atoms. The molecule has 2 aromatic heterocycles. The molecule has 3 aromatic rings. The van der Waals surface area contributed by atoms with Crippen LogP contribution < -0.4 is 19.9 Å². The van der Waals surface area contributed by atoms with Gasteiger partial charge in [-0.05, 0) is 47.9 Å². The smallest absolute Gasteiger partial charge is 0.252 e. The van der Waals surface area contributed by atoms with E-state index in [4.69, 9.17) is 9.47 Å². The van der Waals surface area contributed by atoms with Crippen LogP contribution in [0.25, 0.3) is 0 Å². The molecule has 1 aromatic carbocycles. The monoisotopic (exact) mass is 377 g/mol. The third-order valence-electron chi connectivity index (χ3n) is 5.06. The first-order valence-corrected chi connectivity index (χ1v) is 9.27. The average Bonchev–Trinajstić information content (AvgIpc) is 2.74. The van der Waals surface area contributed by atoms with Gasteiger partial charge >= 0.3 is 0 Å². The lowest BCUT2D eigenvalue weighted by Gasteiger charge is -2.31. The molecule has 0 N–H and O–H groups in total. The zero-order valence-electron chi connectivity index (χ0n) is 16.1. The van der Waals surface area contributed by atoms with Crippen molar-refractivity contribution in [3.8, 4) is 11.5 Å². The van der Waals surface area contributed by atoms with Crippen LogP contribution >= 0.6 is 0 Å². The highest BCUT2D eigenvalue weighted by molar-refractivity contribution is 5.49. The highest BCUT2D eigenvalue weighted by Gasteiger charge is 2.18. The van der Waals surface area contributed by atoms with Crippen molar-refractivity contribution >= 4 is 5.69 Å². The van der Waals surface area contributed by atoms with Gasteiger partial charge in [-0.15, -0.1) is 0 Å². The molecule has 0 radical (unpaired) electrons. The molecule has 3 heterocycles. The van der Waals surface area contributed by atoms with Crippen molar-refractivity contribution in [1.29, 1.82) is 0 Å². The molecular weight excluding hydrogens is 354 g/mol. The van der Waals surface area contributed by atoms with E-state index in [-0.39, 0.29) is 5.56 Å². The summed E-state index contributed by atoms with van der Waals surface area (Å²) in [5, 5.41) is 0. The maximum Gasteiger partial charge on any atom is 0.252 e. The third-order valence-corrected chi connectivity index (χ3v) is 5.06. The van der Waals surface area contributed by atoms with Gasteiger partial charge in [-0.3, -0.25) is 9.78 Å². The Morgan fingerprint density at radius 2 is 1.93 bits per heavy atom. The number of anilines is 1. The van der Waals surface area contributed by atoms with E-state index in [1.807, 2.05) is 30.5 Å². The molecule has 0 bridgehead atoms. The summed E-state index contributed by atoms with van der Waals surface area (Å²) in [5.74, 6) is 1.55. The minimum absolute atomic E-state index is 0.00683. The van der Waals surface area contributed by atoms with Gasteiger partial charge in [0.1, 0.15) is 18.1 Å². The topological polar surface area (TPSA) is 56.6 Å². The Hall–Kier alpha value is -3.28. The summed E-state index contributed by atoms with van der Waals surface area (Å²) >= 11 is 0. The molecule has 6 heteroatoms. The van der Waals surface area contributed by atoms with E-state index >= 15 is 0 Å². The Balaban J connectivity index is 1.46. The minimum Gasteiger partial charge on any atom is -0.495 e. The van der Waals surface area contributed by atoms with Crippen molar-refractivity contribution in [1.82, 2.24) is 9.55 Å². The van der Waals surface area contributed by atoms with Crippen LogP contribution in [-0.4, -0.2) is 23.2 Å². The Morgan fingerprint density at radius 1 is 1.07 bits per heavy atom. The fraction of sp³-hybridized carbons (Fsp3) is 0.273. The standard InChI is InChI=1S/C22H23N3O3/c1-24-9-8-19(12-22(24)26)25-10-7-16-3-5-20(11-17(16)14-25)28-15-18-4-6-21(27-2)13-23-18/h3-6,8-9,11-13H,7,10,14-15H2,1-2H3. The second-order valence-electron chi connectivity index (χ2n) is 6.91. The molecule has 1 aliphatic heterocycles. The fourth-order valence-electron chi connectivity index (χ4n) is 3.35. The lowest BCUT2D eigenvalue weighted by atomic mass is 9.99. The van der Waals surface area contributed by atoms with Crippen LogP contribution in [0.4, 0.5) is 5.69 Å². The van der Waals surface area contributed by atoms with E-state index in [0.717, 1.165) is 42.4 Å². The predicted molar refractivity (Wildman–Crippen MR) is 108 cm³/mol. The van der Waals surface area contributed by atoms with Crippen LogP contribution in [-0.2, 0) is 26.6 Å². The number of methoxy groups -OCH3 is 1. The lowest BCUT2D eigenvalue weighted by Crippen LogP contribution is -2.31. The number of hydrogen-bond donors (Lipinski definition) is 0. The van der Waals surface area contributed by atoms with Gasteiger partial charge in [-0.2, -0.15) is 0 Å². The van der Waals surface area contributed by atoms with E-state index in [1.165, 1.54) is 11.1 Å². The number of fused-ring (bicyclic) bond motifs is 1. The molecule has 1 aliphatic rings. The number of nitrogens with zero attached hydrogens (tertiary/aromatic N) is 3. The van der Waals surface area contributed by atoms with Gasteiger partial charge in [-0.1, -0.05) is 6.07 Å². The van der Waals surface area contributed by atoms with Crippen molar-refractivity contribution in [2.24, 2.45) is 7.05 Å². The molecule has 0 unspecified atom stereocenters. The molecule has 28 heavy (non-hydrogen) atoms. The summed E-state index contributed by atoms with van der Waals surface area (Å²) in [6.45, 7) is 2.07. The molecule has 6 nitrogen and oxygen atoms in total. The molecular formula is C22H23N3O3. The van der Waals surface area contributed by atoms with E-state index in [1.54, 1.807) is 31.0 Å². The largest absolute Gasteiger partial charge is 0.495 e. The number of rotatable bonds is 5. The quantitative estimate of drug-likeness (QED) is 0.684. The number of aromatic nitrogens is 2. The summed E-state index contributed by atoms with van der Waals surface area (Å²) in [6, 6.07) is 13.7. The zero-order valence-corrected chi connectivity index (χ0v) is 16.1. The highest BCUT2D eigenvalue weighted by atomic mass is 16.5. The van der Waals surface area contributed by atoms with Crippen LogP contribution in [0.2, 0.25) is 0 Å². The molecule has 0 fully saturated rings. The Labute approximate surface area is 164 Å². The van der Waals surface area contributed by atoms with Gasteiger partial charge in [0, 0.05) is 38.1 Å². The molecule has 0 atom stereocenters. The van der Waals surface area contributed by atoms with Gasteiger partial charge in [0.25, 0.3) is 5.56 Å². The molecule has 0 saturated heterocycles. The van der Waals surface area contributed by atoms with Gasteiger partial charge in [0.05, 0.1) is 19.0 Å². The first-order chi connectivity index (χ1) is 13.6. The van der Waals surface area contributed by atoms with Crippen molar-refractivity contribution in [2.45, 2.75) is 19.6 Å². The second-order valence-corrected chi connectivity index (χ2v) is 6.91. The Morgan fingerprint density at radius 3 is 2.68 bits per heavy atom. The molecule has 4 rings (SSSR count). The van der Waals surface area contributed by atoms with Crippen LogP contribution in [0.15, 0.2) is 59.7 Å². The van der Waals surface area contributed by atoms with Gasteiger partial charge < -0.3 is 18.9 Å². The van der Waals surface area contributed by atoms with E-state index in [0.29, 0.717) is 6.61 Å². The van der Waals surface area contributed by atoms with Crippen LogP contribution in [0.5, 0.6) is 11.5 Å². The van der Waals surface area contributed by atoms with Crippen molar-refractivity contribution in [2.75, 3.05) is 18.6 Å². The number of ether oxygens (including phenoxy) is 2. The number of aryl methyl sites for hydroxylation is 1. The van der Waals surface area contributed by atoms with E-state index in [2.05, 4.69) is 22.0 Å². The lowest BCUT2D eigenvalue weighted by molar-refractivity contribution is 0.300. The fourth-order valence-corrected chi connectivity index (χ4v) is 3.35. The molecule has 0 saturated carbocycles. The predicted octanol–water partition coefficient (Wildman–Crippen LogP) is 2.93. The Kier molecular flexibility index (Phi) is 5.02. The third kappa shape index (κ3) is 3.86. The minimum atomic E-state index is 0.00683. The normalized spacial score (nSPS) is 13.1. The summed E-state index contributed by atoms with van der Waals surface area (Å²) in [6.07, 6.45) is 4.45. The maximum absolute atomic E-state index is 11.9.